The standard InChI is InChI=1S/C13H12BrClN2O2/c1-17(7-8-5-6-11(14)19-8)13(18)12-9(15)3-2-4-10(12)16/h2-6H,7,16H2,1H3. The molecule has 0 saturated heterocycles. The van der Waals surface area contributed by atoms with Gasteiger partial charge in [-0.05, 0) is 40.2 Å². The third-order valence-electron chi connectivity index (χ3n) is 2.63. The summed E-state index contributed by atoms with van der Waals surface area (Å²) < 4.78 is 5.98. The molecule has 0 fully saturated rings. The molecule has 1 heterocycles. The zero-order valence-corrected chi connectivity index (χ0v) is 12.5. The van der Waals surface area contributed by atoms with Gasteiger partial charge in [0.05, 0.1) is 17.1 Å². The van der Waals surface area contributed by atoms with Crippen molar-refractivity contribution in [3.05, 3.63) is 51.3 Å². The summed E-state index contributed by atoms with van der Waals surface area (Å²) in [5.74, 6) is 0.434. The van der Waals surface area contributed by atoms with Crippen LogP contribution in [-0.4, -0.2) is 17.9 Å². The second-order valence-electron chi connectivity index (χ2n) is 4.07. The predicted octanol–water partition coefficient (Wildman–Crippen LogP) is 3.55. The van der Waals surface area contributed by atoms with Gasteiger partial charge in [-0.2, -0.15) is 0 Å². The maximum Gasteiger partial charge on any atom is 0.257 e. The highest BCUT2D eigenvalue weighted by molar-refractivity contribution is 9.10. The van der Waals surface area contributed by atoms with E-state index in [1.165, 1.54) is 4.90 Å². The lowest BCUT2D eigenvalue weighted by molar-refractivity contribution is 0.0776. The molecule has 2 N–H and O–H groups in total. The molecule has 0 spiro atoms. The van der Waals surface area contributed by atoms with Crippen molar-refractivity contribution in [3.8, 4) is 0 Å². The topological polar surface area (TPSA) is 59.5 Å². The van der Waals surface area contributed by atoms with Crippen LogP contribution >= 0.6 is 27.5 Å². The number of hydrogen-bond donors (Lipinski definition) is 1. The van der Waals surface area contributed by atoms with E-state index in [9.17, 15) is 4.79 Å². The van der Waals surface area contributed by atoms with Gasteiger partial charge in [-0.25, -0.2) is 0 Å². The number of halogens is 2. The van der Waals surface area contributed by atoms with Gasteiger partial charge in [0, 0.05) is 12.7 Å². The number of benzene rings is 1. The molecule has 100 valence electrons. The largest absolute Gasteiger partial charge is 0.452 e. The molecule has 2 rings (SSSR count). The minimum Gasteiger partial charge on any atom is -0.452 e. The molecule has 0 atom stereocenters. The van der Waals surface area contributed by atoms with Gasteiger partial charge in [0.2, 0.25) is 0 Å². The molecule has 1 aromatic heterocycles. The molecule has 0 aliphatic rings. The van der Waals surface area contributed by atoms with Crippen LogP contribution in [-0.2, 0) is 6.54 Å². The summed E-state index contributed by atoms with van der Waals surface area (Å²) in [6.45, 7) is 0.342. The third-order valence-corrected chi connectivity index (χ3v) is 3.37. The number of nitrogens with two attached hydrogens (primary N) is 1. The normalized spacial score (nSPS) is 10.5. The Hall–Kier alpha value is -1.46. The number of furan rings is 1. The fraction of sp³-hybridized carbons (Fsp3) is 0.154. The van der Waals surface area contributed by atoms with Crippen LogP contribution in [0.1, 0.15) is 16.1 Å². The van der Waals surface area contributed by atoms with E-state index < -0.39 is 0 Å². The summed E-state index contributed by atoms with van der Waals surface area (Å²) in [6.07, 6.45) is 0. The molecule has 6 heteroatoms. The van der Waals surface area contributed by atoms with Gasteiger partial charge in [-0.1, -0.05) is 17.7 Å². The summed E-state index contributed by atoms with van der Waals surface area (Å²) >= 11 is 9.23. The highest BCUT2D eigenvalue weighted by Crippen LogP contribution is 2.24. The van der Waals surface area contributed by atoms with Crippen molar-refractivity contribution in [2.24, 2.45) is 0 Å². The maximum absolute atomic E-state index is 12.3. The molecule has 2 aromatic rings. The van der Waals surface area contributed by atoms with Crippen molar-refractivity contribution in [3.63, 3.8) is 0 Å². The van der Waals surface area contributed by atoms with Crippen LogP contribution in [0.4, 0.5) is 5.69 Å². The highest BCUT2D eigenvalue weighted by Gasteiger charge is 2.19. The molecule has 0 radical (unpaired) electrons. The monoisotopic (exact) mass is 342 g/mol. The van der Waals surface area contributed by atoms with Gasteiger partial charge in [0.25, 0.3) is 5.91 Å². The lowest BCUT2D eigenvalue weighted by atomic mass is 10.1. The van der Waals surface area contributed by atoms with Crippen LogP contribution in [0.25, 0.3) is 0 Å². The lowest BCUT2D eigenvalue weighted by Gasteiger charge is -2.17. The van der Waals surface area contributed by atoms with E-state index in [1.54, 1.807) is 37.4 Å². The lowest BCUT2D eigenvalue weighted by Crippen LogP contribution is -2.27. The van der Waals surface area contributed by atoms with E-state index in [0.717, 1.165) is 0 Å². The molecule has 0 bridgehead atoms. The summed E-state index contributed by atoms with van der Waals surface area (Å²) in [5.41, 5.74) is 6.48. The Morgan fingerprint density at radius 2 is 2.16 bits per heavy atom. The fourth-order valence-electron chi connectivity index (χ4n) is 1.70. The molecule has 0 unspecified atom stereocenters. The Balaban J connectivity index is 2.19. The molecule has 0 saturated carbocycles. The van der Waals surface area contributed by atoms with E-state index in [0.29, 0.717) is 33.2 Å². The second kappa shape index (κ2) is 5.67. The number of rotatable bonds is 3. The molecule has 1 aromatic carbocycles. The van der Waals surface area contributed by atoms with Gasteiger partial charge >= 0.3 is 0 Å². The van der Waals surface area contributed by atoms with Crippen molar-refractivity contribution in [1.29, 1.82) is 0 Å². The Morgan fingerprint density at radius 1 is 1.42 bits per heavy atom. The van der Waals surface area contributed by atoms with E-state index in [4.69, 9.17) is 21.8 Å². The van der Waals surface area contributed by atoms with Gasteiger partial charge in [0.1, 0.15) is 5.76 Å². The SMILES string of the molecule is CN(Cc1ccc(Br)o1)C(=O)c1c(N)cccc1Cl. The summed E-state index contributed by atoms with van der Waals surface area (Å²) in [7, 11) is 1.67. The van der Waals surface area contributed by atoms with Gasteiger partial charge < -0.3 is 15.1 Å². The van der Waals surface area contributed by atoms with Crippen LogP contribution in [0.3, 0.4) is 0 Å². The Kier molecular flexibility index (Phi) is 4.17. The van der Waals surface area contributed by atoms with Gasteiger partial charge in [-0.3, -0.25) is 4.79 Å². The first kappa shape index (κ1) is 14.0. The average Bonchev–Trinajstić information content (AvgIpc) is 2.74. The zero-order valence-electron chi connectivity index (χ0n) is 10.2. The van der Waals surface area contributed by atoms with Crippen LogP contribution in [0.5, 0.6) is 0 Å². The van der Waals surface area contributed by atoms with Crippen molar-refractivity contribution < 1.29 is 9.21 Å². The predicted molar refractivity (Wildman–Crippen MR) is 78.1 cm³/mol. The summed E-state index contributed by atoms with van der Waals surface area (Å²) in [4.78, 5) is 13.8. The molecule has 4 nitrogen and oxygen atoms in total. The van der Waals surface area contributed by atoms with E-state index in [-0.39, 0.29) is 5.91 Å². The Bertz CT molecular complexity index is 592. The number of anilines is 1. The molecule has 0 aliphatic carbocycles. The quantitative estimate of drug-likeness (QED) is 0.867. The van der Waals surface area contributed by atoms with E-state index in [1.807, 2.05) is 0 Å². The minimum atomic E-state index is -0.240. The Labute approximate surface area is 124 Å². The molecule has 19 heavy (non-hydrogen) atoms. The smallest absolute Gasteiger partial charge is 0.257 e. The first-order valence-corrected chi connectivity index (χ1v) is 6.70. The number of nitrogen functional groups attached to an aromatic ring is 1. The number of carbonyl (C=O) groups excluding carboxylic acids is 1. The highest BCUT2D eigenvalue weighted by atomic mass is 79.9. The number of carbonyl (C=O) groups is 1. The van der Waals surface area contributed by atoms with Crippen molar-refractivity contribution in [2.45, 2.75) is 6.54 Å². The zero-order chi connectivity index (χ0) is 14.0. The van der Waals surface area contributed by atoms with Crippen LogP contribution in [0.15, 0.2) is 39.4 Å². The second-order valence-corrected chi connectivity index (χ2v) is 5.26. The van der Waals surface area contributed by atoms with Crippen molar-refractivity contribution >= 4 is 39.1 Å². The number of nitrogens with zero attached hydrogens (tertiary/aromatic N) is 1. The third kappa shape index (κ3) is 3.11. The van der Waals surface area contributed by atoms with E-state index >= 15 is 0 Å². The first-order valence-electron chi connectivity index (χ1n) is 5.52. The average molecular weight is 344 g/mol. The number of amides is 1. The molecule has 1 amide bonds. The molecular formula is C13H12BrClN2O2. The van der Waals surface area contributed by atoms with Crippen molar-refractivity contribution in [1.82, 2.24) is 4.90 Å². The minimum absolute atomic E-state index is 0.240. The van der Waals surface area contributed by atoms with Crippen molar-refractivity contribution in [2.75, 3.05) is 12.8 Å². The summed E-state index contributed by atoms with van der Waals surface area (Å²) in [6, 6.07) is 8.57. The van der Waals surface area contributed by atoms with E-state index in [2.05, 4.69) is 15.9 Å². The fourth-order valence-corrected chi connectivity index (χ4v) is 2.30. The molecular weight excluding hydrogens is 332 g/mol. The van der Waals surface area contributed by atoms with Gasteiger partial charge in [0.15, 0.2) is 4.67 Å². The Morgan fingerprint density at radius 3 is 2.74 bits per heavy atom. The van der Waals surface area contributed by atoms with Gasteiger partial charge in [-0.15, -0.1) is 0 Å². The number of hydrogen-bond acceptors (Lipinski definition) is 3. The maximum atomic E-state index is 12.3. The summed E-state index contributed by atoms with van der Waals surface area (Å²) in [5, 5.41) is 0.345. The first-order chi connectivity index (χ1) is 8.99. The van der Waals surface area contributed by atoms with Crippen LogP contribution < -0.4 is 5.73 Å². The van der Waals surface area contributed by atoms with Crippen LogP contribution in [0.2, 0.25) is 5.02 Å². The van der Waals surface area contributed by atoms with Crippen LogP contribution in [0, 0.1) is 0 Å². The molecule has 0 aliphatic heterocycles.